The van der Waals surface area contributed by atoms with Gasteiger partial charge in [-0.25, -0.2) is 0 Å². The fourth-order valence-electron chi connectivity index (χ4n) is 3.66. The van der Waals surface area contributed by atoms with Crippen LogP contribution in [0, 0.1) is 16.7 Å². The number of thioether (sulfide) groups is 1. The van der Waals surface area contributed by atoms with Gasteiger partial charge < -0.3 is 5.32 Å². The minimum atomic E-state index is 0.243. The van der Waals surface area contributed by atoms with Crippen LogP contribution >= 0.6 is 11.8 Å². The zero-order chi connectivity index (χ0) is 16.1. The lowest BCUT2D eigenvalue weighted by molar-refractivity contribution is 0.0742. The minimum Gasteiger partial charge on any atom is -0.312 e. The average molecular weight is 314 g/mol. The summed E-state index contributed by atoms with van der Waals surface area (Å²) in [5.41, 5.74) is 1.29. The van der Waals surface area contributed by atoms with E-state index in [1.54, 1.807) is 0 Å². The maximum Gasteiger partial charge on any atom is 0.00967 e. The quantitative estimate of drug-likeness (QED) is 0.627. The van der Waals surface area contributed by atoms with E-state index in [0.29, 0.717) is 10.8 Å². The van der Waals surface area contributed by atoms with E-state index in [9.17, 15) is 0 Å². The van der Waals surface area contributed by atoms with Crippen LogP contribution in [-0.2, 0) is 0 Å². The van der Waals surface area contributed by atoms with Gasteiger partial charge in [0.15, 0.2) is 0 Å². The largest absolute Gasteiger partial charge is 0.312 e. The monoisotopic (exact) mass is 313 g/mol. The second-order valence-corrected chi connectivity index (χ2v) is 10.3. The number of rotatable bonds is 6. The van der Waals surface area contributed by atoms with Crippen molar-refractivity contribution >= 4 is 11.8 Å². The van der Waals surface area contributed by atoms with Gasteiger partial charge in [-0.05, 0) is 88.1 Å². The minimum absolute atomic E-state index is 0.243. The number of hydrogen-bond donors (Lipinski definition) is 1. The summed E-state index contributed by atoms with van der Waals surface area (Å²) in [6, 6.07) is 0. The third-order valence-electron chi connectivity index (χ3n) is 5.32. The van der Waals surface area contributed by atoms with Gasteiger partial charge in [-0.2, -0.15) is 11.8 Å². The van der Waals surface area contributed by atoms with Gasteiger partial charge in [0.2, 0.25) is 0 Å². The number of nitrogens with one attached hydrogen (secondary N) is 1. The van der Waals surface area contributed by atoms with Gasteiger partial charge in [-0.3, -0.25) is 0 Å². The summed E-state index contributed by atoms with van der Waals surface area (Å²) in [6.07, 6.45) is 10.7. The molecule has 0 radical (unpaired) electrons. The molecule has 1 fully saturated rings. The average Bonchev–Trinajstić information content (AvgIpc) is 2.36. The van der Waals surface area contributed by atoms with E-state index in [1.165, 1.54) is 50.8 Å². The molecule has 1 nitrogen and oxygen atoms in total. The lowest BCUT2D eigenvalue weighted by atomic mass is 9.62. The Morgan fingerprint density at radius 3 is 2.05 bits per heavy atom. The number of hydrogen-bond acceptors (Lipinski definition) is 2. The normalized spacial score (nSPS) is 27.9. The van der Waals surface area contributed by atoms with Crippen LogP contribution in [0.5, 0.6) is 0 Å². The zero-order valence-electron chi connectivity index (χ0n) is 15.6. The van der Waals surface area contributed by atoms with Gasteiger partial charge in [0.25, 0.3) is 0 Å². The van der Waals surface area contributed by atoms with Crippen LogP contribution in [0.3, 0.4) is 0 Å². The van der Waals surface area contributed by atoms with Crippen molar-refractivity contribution in [2.75, 3.05) is 18.6 Å². The van der Waals surface area contributed by atoms with E-state index in [-0.39, 0.29) is 5.54 Å². The Morgan fingerprint density at radius 1 is 1.05 bits per heavy atom. The van der Waals surface area contributed by atoms with E-state index in [4.69, 9.17) is 0 Å². The molecule has 21 heavy (non-hydrogen) atoms. The van der Waals surface area contributed by atoms with E-state index in [2.05, 4.69) is 53.1 Å². The van der Waals surface area contributed by atoms with E-state index in [0.717, 1.165) is 5.92 Å². The summed E-state index contributed by atoms with van der Waals surface area (Å²) in [5, 5.41) is 3.81. The molecule has 126 valence electrons. The Labute approximate surface area is 138 Å². The van der Waals surface area contributed by atoms with Gasteiger partial charge in [0.1, 0.15) is 0 Å². The van der Waals surface area contributed by atoms with Gasteiger partial charge in [-0.15, -0.1) is 0 Å². The van der Waals surface area contributed by atoms with Crippen molar-refractivity contribution in [2.45, 2.75) is 85.6 Å². The molecule has 0 amide bonds. The van der Waals surface area contributed by atoms with Crippen molar-refractivity contribution in [2.24, 2.45) is 16.7 Å². The van der Waals surface area contributed by atoms with Gasteiger partial charge >= 0.3 is 0 Å². The van der Waals surface area contributed by atoms with Crippen LogP contribution in [0.25, 0.3) is 0 Å². The van der Waals surface area contributed by atoms with Crippen LogP contribution in [0.15, 0.2) is 0 Å². The lowest BCUT2D eigenvalue weighted by Crippen LogP contribution is -2.46. The molecule has 1 aliphatic carbocycles. The van der Waals surface area contributed by atoms with E-state index >= 15 is 0 Å². The molecule has 1 aliphatic rings. The molecule has 1 rings (SSSR count). The van der Waals surface area contributed by atoms with E-state index in [1.807, 2.05) is 11.8 Å². The summed E-state index contributed by atoms with van der Waals surface area (Å²) in [6.45, 7) is 15.4. The first kappa shape index (κ1) is 19.4. The van der Waals surface area contributed by atoms with Crippen molar-refractivity contribution in [3.8, 4) is 0 Å². The van der Waals surface area contributed by atoms with Crippen molar-refractivity contribution in [1.29, 1.82) is 0 Å². The highest BCUT2D eigenvalue weighted by atomic mass is 32.2. The maximum atomic E-state index is 3.81. The molecule has 0 spiro atoms. The van der Waals surface area contributed by atoms with Crippen LogP contribution in [0.4, 0.5) is 0 Å². The predicted molar refractivity (Wildman–Crippen MR) is 99.2 cm³/mol. The molecule has 0 bridgehead atoms. The smallest absolute Gasteiger partial charge is 0.00967 e. The molecule has 0 aromatic rings. The molecular weight excluding hydrogens is 274 g/mol. The first-order valence-corrected chi connectivity index (χ1v) is 10.2. The molecule has 1 N–H and O–H groups in total. The SMILES string of the molecule is CSCCCC1(CNC(C)(C)C)CCC(C(C)(C)C)CC1. The van der Waals surface area contributed by atoms with Crippen molar-refractivity contribution in [3.05, 3.63) is 0 Å². The van der Waals surface area contributed by atoms with Gasteiger partial charge in [-0.1, -0.05) is 20.8 Å². The summed E-state index contributed by atoms with van der Waals surface area (Å²) < 4.78 is 0. The molecule has 0 saturated heterocycles. The fraction of sp³-hybridized carbons (Fsp3) is 1.00. The first-order valence-electron chi connectivity index (χ1n) is 8.82. The highest BCUT2D eigenvalue weighted by molar-refractivity contribution is 7.98. The Hall–Kier alpha value is 0.310. The summed E-state index contributed by atoms with van der Waals surface area (Å²) >= 11 is 2.00. The lowest BCUT2D eigenvalue weighted by Gasteiger charge is -2.45. The molecule has 0 atom stereocenters. The Morgan fingerprint density at radius 2 is 1.62 bits per heavy atom. The molecule has 2 heteroatoms. The van der Waals surface area contributed by atoms with Crippen LogP contribution in [0.1, 0.15) is 80.1 Å². The molecule has 0 aromatic heterocycles. The zero-order valence-corrected chi connectivity index (χ0v) is 16.5. The van der Waals surface area contributed by atoms with E-state index < -0.39 is 0 Å². The summed E-state index contributed by atoms with van der Waals surface area (Å²) in [5.74, 6) is 2.24. The molecule has 1 saturated carbocycles. The maximum absolute atomic E-state index is 3.81. The standard InChI is InChI=1S/C19H39NS/c1-17(2,3)16-9-12-19(13-10-16,11-8-14-21-7)15-20-18(4,5)6/h16,20H,8-15H2,1-7H3. The van der Waals surface area contributed by atoms with Crippen molar-refractivity contribution in [3.63, 3.8) is 0 Å². The van der Waals surface area contributed by atoms with Gasteiger partial charge in [0.05, 0.1) is 0 Å². The Bertz CT molecular complexity index is 290. The second-order valence-electron chi connectivity index (χ2n) is 9.34. The molecule has 0 unspecified atom stereocenters. The molecule has 0 aromatic carbocycles. The third kappa shape index (κ3) is 6.95. The van der Waals surface area contributed by atoms with Crippen LogP contribution in [0.2, 0.25) is 0 Å². The Balaban J connectivity index is 2.62. The summed E-state index contributed by atoms with van der Waals surface area (Å²) in [7, 11) is 0. The predicted octanol–water partition coefficient (Wildman–Crippen LogP) is 5.74. The molecule has 0 heterocycles. The second kappa shape index (κ2) is 7.73. The van der Waals surface area contributed by atoms with Crippen molar-refractivity contribution < 1.29 is 0 Å². The fourth-order valence-corrected chi connectivity index (χ4v) is 4.09. The summed E-state index contributed by atoms with van der Waals surface area (Å²) in [4.78, 5) is 0. The highest BCUT2D eigenvalue weighted by Crippen LogP contribution is 2.47. The van der Waals surface area contributed by atoms with Crippen molar-refractivity contribution in [1.82, 2.24) is 5.32 Å². The topological polar surface area (TPSA) is 12.0 Å². The Kier molecular flexibility index (Phi) is 7.12. The van der Waals surface area contributed by atoms with Crippen LogP contribution < -0.4 is 5.32 Å². The highest BCUT2D eigenvalue weighted by Gasteiger charge is 2.38. The third-order valence-corrected chi connectivity index (χ3v) is 6.02. The first-order chi connectivity index (χ1) is 9.58. The molecular formula is C19H39NS. The van der Waals surface area contributed by atoms with Crippen LogP contribution in [-0.4, -0.2) is 24.1 Å². The molecule has 0 aliphatic heterocycles. The van der Waals surface area contributed by atoms with Gasteiger partial charge in [0, 0.05) is 12.1 Å².